The molecule has 2 aromatic carbocycles. The minimum atomic E-state index is -0.738. The van der Waals surface area contributed by atoms with Crippen LogP contribution in [0.4, 0.5) is 5.69 Å². The van der Waals surface area contributed by atoms with Crippen LogP contribution in [0, 0.1) is 0 Å². The van der Waals surface area contributed by atoms with E-state index in [1.165, 1.54) is 25.5 Å². The minimum Gasteiger partial charge on any atom is -0.497 e. The van der Waals surface area contributed by atoms with Gasteiger partial charge in [0.25, 0.3) is 5.56 Å². The number of methoxy groups -OCH3 is 1. The molecule has 7 heteroatoms. The van der Waals surface area contributed by atoms with Gasteiger partial charge in [0.05, 0.1) is 18.5 Å². The Bertz CT molecular complexity index is 1090. The molecule has 136 valence electrons. The lowest BCUT2D eigenvalue weighted by atomic mass is 10.2. The van der Waals surface area contributed by atoms with Crippen molar-refractivity contribution in [1.82, 2.24) is 9.55 Å². The fraction of sp³-hybridized carbons (Fsp3) is 0.0500. The Kier molecular flexibility index (Phi) is 5.32. The van der Waals surface area contributed by atoms with Crippen LogP contribution in [0.25, 0.3) is 11.8 Å². The van der Waals surface area contributed by atoms with Crippen LogP contribution in [0.15, 0.2) is 75.3 Å². The van der Waals surface area contributed by atoms with Crippen LogP contribution in [0.1, 0.15) is 5.56 Å². The third-order valence-corrected chi connectivity index (χ3v) is 3.78. The highest BCUT2D eigenvalue weighted by molar-refractivity contribution is 5.81. The Labute approximate surface area is 154 Å². The molecule has 0 saturated carbocycles. The van der Waals surface area contributed by atoms with Crippen molar-refractivity contribution in [1.29, 1.82) is 0 Å². The van der Waals surface area contributed by atoms with E-state index in [9.17, 15) is 14.7 Å². The van der Waals surface area contributed by atoms with Gasteiger partial charge < -0.3 is 9.84 Å². The molecule has 0 bridgehead atoms. The lowest BCUT2D eigenvalue weighted by Gasteiger charge is -2.10. The van der Waals surface area contributed by atoms with Crippen LogP contribution in [-0.4, -0.2) is 28.0 Å². The van der Waals surface area contributed by atoms with Crippen molar-refractivity contribution in [2.45, 2.75) is 0 Å². The lowest BCUT2D eigenvalue weighted by Crippen LogP contribution is -2.30. The first-order valence-corrected chi connectivity index (χ1v) is 8.08. The van der Waals surface area contributed by atoms with Gasteiger partial charge in [-0.05, 0) is 48.6 Å². The Morgan fingerprint density at radius 3 is 2.44 bits per heavy atom. The molecule has 0 unspecified atom stereocenters. The number of rotatable bonds is 5. The molecule has 0 amide bonds. The molecule has 7 nitrogen and oxygen atoms in total. The molecule has 0 fully saturated rings. The van der Waals surface area contributed by atoms with E-state index in [-0.39, 0.29) is 5.56 Å². The van der Waals surface area contributed by atoms with Crippen molar-refractivity contribution in [3.8, 4) is 17.3 Å². The minimum absolute atomic E-state index is 0.0510. The SMILES string of the molecule is COc1ccc(-n2c(O)c(C=CC=Nc3ccccc3)c(=O)[nH]c2=O)cc1. The highest BCUT2D eigenvalue weighted by Crippen LogP contribution is 2.20. The number of benzene rings is 2. The van der Waals surface area contributed by atoms with Crippen molar-refractivity contribution in [3.05, 3.63) is 87.1 Å². The van der Waals surface area contributed by atoms with Gasteiger partial charge in [-0.2, -0.15) is 0 Å². The van der Waals surface area contributed by atoms with E-state index >= 15 is 0 Å². The average molecular weight is 363 g/mol. The van der Waals surface area contributed by atoms with Crippen LogP contribution in [0.5, 0.6) is 11.6 Å². The third kappa shape index (κ3) is 4.04. The molecule has 1 aromatic heterocycles. The van der Waals surface area contributed by atoms with E-state index in [1.807, 2.05) is 30.3 Å². The molecule has 0 aliphatic carbocycles. The number of nitrogens with zero attached hydrogens (tertiary/aromatic N) is 2. The van der Waals surface area contributed by atoms with Crippen LogP contribution in [0.2, 0.25) is 0 Å². The second-order valence-electron chi connectivity index (χ2n) is 5.50. The van der Waals surface area contributed by atoms with Crippen LogP contribution in [-0.2, 0) is 0 Å². The van der Waals surface area contributed by atoms with Crippen molar-refractivity contribution < 1.29 is 9.84 Å². The van der Waals surface area contributed by atoms with Gasteiger partial charge in [0, 0.05) is 6.21 Å². The van der Waals surface area contributed by atoms with Crippen molar-refractivity contribution >= 4 is 18.0 Å². The zero-order chi connectivity index (χ0) is 19.2. The summed E-state index contributed by atoms with van der Waals surface area (Å²) in [5, 5.41) is 10.5. The van der Waals surface area contributed by atoms with Crippen LogP contribution >= 0.6 is 0 Å². The number of ether oxygens (including phenoxy) is 1. The van der Waals surface area contributed by atoms with Crippen LogP contribution < -0.4 is 16.0 Å². The number of aromatic amines is 1. The number of hydrogen-bond donors (Lipinski definition) is 2. The van der Waals surface area contributed by atoms with Crippen LogP contribution in [0.3, 0.4) is 0 Å². The van der Waals surface area contributed by atoms with Gasteiger partial charge in [0.1, 0.15) is 11.3 Å². The van der Waals surface area contributed by atoms with E-state index in [0.717, 1.165) is 10.3 Å². The summed E-state index contributed by atoms with van der Waals surface area (Å²) in [5.74, 6) is 0.145. The number of nitrogens with one attached hydrogen (secondary N) is 1. The number of aliphatic imine (C=N–C) groups is 1. The number of aromatic hydroxyl groups is 1. The molecule has 3 rings (SSSR count). The first kappa shape index (κ1) is 17.9. The summed E-state index contributed by atoms with van der Waals surface area (Å²) < 4.78 is 6.09. The van der Waals surface area contributed by atoms with E-state index in [0.29, 0.717) is 11.4 Å². The molecule has 0 atom stereocenters. The van der Waals surface area contributed by atoms with Gasteiger partial charge in [-0.1, -0.05) is 18.2 Å². The second-order valence-corrected chi connectivity index (χ2v) is 5.50. The van der Waals surface area contributed by atoms with E-state index in [1.54, 1.807) is 24.3 Å². The quantitative estimate of drug-likeness (QED) is 0.681. The molecule has 0 aliphatic rings. The summed E-state index contributed by atoms with van der Waals surface area (Å²) in [6, 6.07) is 15.8. The molecule has 0 spiro atoms. The Hall–Kier alpha value is -3.87. The Morgan fingerprint density at radius 2 is 1.78 bits per heavy atom. The number of allylic oxidation sites excluding steroid dienone is 1. The van der Waals surface area contributed by atoms with Crippen molar-refractivity contribution in [2.24, 2.45) is 4.99 Å². The maximum atomic E-state index is 12.1. The molecular weight excluding hydrogens is 346 g/mol. The fourth-order valence-corrected chi connectivity index (χ4v) is 2.44. The van der Waals surface area contributed by atoms with Gasteiger partial charge in [-0.25, -0.2) is 9.36 Å². The summed E-state index contributed by atoms with van der Waals surface area (Å²) in [6.07, 6.45) is 4.40. The molecule has 3 aromatic rings. The first-order valence-electron chi connectivity index (χ1n) is 8.08. The van der Waals surface area contributed by atoms with Gasteiger partial charge in [-0.3, -0.25) is 14.8 Å². The molecule has 0 radical (unpaired) electrons. The molecule has 1 heterocycles. The van der Waals surface area contributed by atoms with Crippen molar-refractivity contribution in [3.63, 3.8) is 0 Å². The summed E-state index contributed by atoms with van der Waals surface area (Å²) in [4.78, 5) is 30.6. The first-order chi connectivity index (χ1) is 13.1. The largest absolute Gasteiger partial charge is 0.497 e. The number of hydrogen-bond acceptors (Lipinski definition) is 5. The summed E-state index contributed by atoms with van der Waals surface area (Å²) in [7, 11) is 1.53. The Balaban J connectivity index is 1.96. The van der Waals surface area contributed by atoms with E-state index in [2.05, 4.69) is 9.98 Å². The predicted octanol–water partition coefficient (Wildman–Crippen LogP) is 2.66. The Morgan fingerprint density at radius 1 is 1.07 bits per heavy atom. The lowest BCUT2D eigenvalue weighted by molar-refractivity contribution is 0.414. The monoisotopic (exact) mass is 363 g/mol. The summed E-state index contributed by atoms with van der Waals surface area (Å²) >= 11 is 0. The summed E-state index contributed by atoms with van der Waals surface area (Å²) in [5.41, 5.74) is -0.333. The third-order valence-electron chi connectivity index (χ3n) is 3.78. The zero-order valence-electron chi connectivity index (χ0n) is 14.5. The highest BCUT2D eigenvalue weighted by atomic mass is 16.5. The van der Waals surface area contributed by atoms with Gasteiger partial charge in [-0.15, -0.1) is 0 Å². The normalized spacial score (nSPS) is 11.3. The van der Waals surface area contributed by atoms with Gasteiger partial charge in [0.15, 0.2) is 0 Å². The van der Waals surface area contributed by atoms with Crippen molar-refractivity contribution in [2.75, 3.05) is 7.11 Å². The maximum absolute atomic E-state index is 12.1. The molecular formula is C20H17N3O4. The van der Waals surface area contributed by atoms with Gasteiger partial charge in [0.2, 0.25) is 5.88 Å². The molecule has 0 saturated heterocycles. The molecule has 0 aliphatic heterocycles. The number of aromatic nitrogens is 2. The number of H-pyrrole nitrogens is 1. The molecule has 27 heavy (non-hydrogen) atoms. The van der Waals surface area contributed by atoms with E-state index < -0.39 is 17.1 Å². The predicted molar refractivity (Wildman–Crippen MR) is 105 cm³/mol. The molecule has 2 N–H and O–H groups in total. The second kappa shape index (κ2) is 8.01. The highest BCUT2D eigenvalue weighted by Gasteiger charge is 2.13. The zero-order valence-corrected chi connectivity index (χ0v) is 14.5. The maximum Gasteiger partial charge on any atom is 0.335 e. The van der Waals surface area contributed by atoms with Gasteiger partial charge >= 0.3 is 5.69 Å². The average Bonchev–Trinajstić information content (AvgIpc) is 2.68. The smallest absolute Gasteiger partial charge is 0.335 e. The fourth-order valence-electron chi connectivity index (χ4n) is 2.44. The topological polar surface area (TPSA) is 96.7 Å². The standard InChI is InChI=1S/C20H17N3O4/c1-27-16-11-9-15(10-12-16)23-19(25)17(18(24)22-20(23)26)8-5-13-21-14-6-3-2-4-7-14/h2-13,25H,1H3,(H,22,24,26). The number of para-hydroxylation sites is 1. The van der Waals surface area contributed by atoms with E-state index in [4.69, 9.17) is 4.74 Å². The summed E-state index contributed by atoms with van der Waals surface area (Å²) in [6.45, 7) is 0.